The number of ether oxygens (including phenoxy) is 1. The molecule has 8 heteroatoms. The third kappa shape index (κ3) is 4.85. The van der Waals surface area contributed by atoms with Crippen LogP contribution in [-0.2, 0) is 6.61 Å². The number of rotatable bonds is 6. The molecule has 0 N–H and O–H groups in total. The van der Waals surface area contributed by atoms with Crippen molar-refractivity contribution in [3.63, 3.8) is 0 Å². The number of hydrogen-bond donors (Lipinski definition) is 0. The number of aliphatic imine (C=N–C) groups is 1. The molecule has 3 rings (SSSR count). The van der Waals surface area contributed by atoms with Gasteiger partial charge in [-0.25, -0.2) is 9.38 Å². The first kappa shape index (κ1) is 22.7. The van der Waals surface area contributed by atoms with Crippen LogP contribution in [0.3, 0.4) is 0 Å². The summed E-state index contributed by atoms with van der Waals surface area (Å²) in [5, 5.41) is 0.197. The Morgan fingerprint density at radius 1 is 1.12 bits per heavy atom. The molecule has 0 saturated heterocycles. The van der Waals surface area contributed by atoms with Gasteiger partial charge in [0.1, 0.15) is 29.1 Å². The molecule has 0 spiro atoms. The van der Waals surface area contributed by atoms with Gasteiger partial charge in [0.25, 0.3) is 5.91 Å². The summed E-state index contributed by atoms with van der Waals surface area (Å²) in [6, 6.07) is 10.2. The normalized spacial score (nSPS) is 11.3. The highest BCUT2D eigenvalue weighted by atomic mass is 19.1. The Balaban J connectivity index is 2.16. The molecule has 0 unspecified atom stereocenters. The van der Waals surface area contributed by atoms with E-state index in [1.54, 1.807) is 45.2 Å². The van der Waals surface area contributed by atoms with Gasteiger partial charge in [-0.15, -0.1) is 0 Å². The maximum absolute atomic E-state index is 13.2. The average molecular weight is 437 g/mol. The number of benzene rings is 2. The lowest BCUT2D eigenvalue weighted by Gasteiger charge is -2.16. The van der Waals surface area contributed by atoms with E-state index in [-0.39, 0.29) is 46.2 Å². The zero-order chi connectivity index (χ0) is 23.4. The van der Waals surface area contributed by atoms with Crippen LogP contribution in [0, 0.1) is 5.82 Å². The predicted molar refractivity (Wildman–Crippen MR) is 122 cm³/mol. The van der Waals surface area contributed by atoms with Gasteiger partial charge >= 0.3 is 0 Å². The molecule has 0 aliphatic carbocycles. The summed E-state index contributed by atoms with van der Waals surface area (Å²) >= 11 is 0. The molecule has 0 aliphatic rings. The topological polar surface area (TPSA) is 75.3 Å². The van der Waals surface area contributed by atoms with E-state index >= 15 is 0 Å². The van der Waals surface area contributed by atoms with Gasteiger partial charge in [0.2, 0.25) is 0 Å². The van der Waals surface area contributed by atoms with E-state index in [4.69, 9.17) is 9.15 Å². The van der Waals surface area contributed by atoms with Crippen LogP contribution >= 0.6 is 0 Å². The largest absolute Gasteiger partial charge is 0.488 e. The van der Waals surface area contributed by atoms with Crippen LogP contribution in [-0.4, -0.2) is 49.7 Å². The molecule has 1 heterocycles. The van der Waals surface area contributed by atoms with E-state index < -0.39 is 0 Å². The van der Waals surface area contributed by atoms with Gasteiger partial charge in [0.15, 0.2) is 17.0 Å². The van der Waals surface area contributed by atoms with Crippen LogP contribution in [0.15, 0.2) is 69.4 Å². The Labute approximate surface area is 185 Å². The molecule has 0 bridgehead atoms. The first-order chi connectivity index (χ1) is 15.2. The fourth-order valence-electron chi connectivity index (χ4n) is 3.09. The molecule has 3 aromatic rings. The van der Waals surface area contributed by atoms with Crippen LogP contribution in [0.1, 0.15) is 21.7 Å². The van der Waals surface area contributed by atoms with Crippen molar-refractivity contribution in [2.45, 2.75) is 6.61 Å². The van der Waals surface area contributed by atoms with Gasteiger partial charge in [-0.05, 0) is 29.8 Å². The Hall–Kier alpha value is -3.94. The number of carbonyl (C=O) groups excluding carboxylic acids is 1. The highest BCUT2D eigenvalue weighted by Gasteiger charge is 2.19. The maximum atomic E-state index is 13.2. The smallest absolute Gasteiger partial charge is 0.253 e. The minimum absolute atomic E-state index is 0.0804. The van der Waals surface area contributed by atoms with E-state index in [1.165, 1.54) is 41.4 Å². The first-order valence-corrected chi connectivity index (χ1v) is 9.78. The Bertz CT molecular complexity index is 1240. The highest BCUT2D eigenvalue weighted by Crippen LogP contribution is 2.28. The molecule has 1 amide bonds. The van der Waals surface area contributed by atoms with Gasteiger partial charge in [-0.2, -0.15) is 0 Å². The van der Waals surface area contributed by atoms with Crippen LogP contribution in [0.2, 0.25) is 0 Å². The Kier molecular flexibility index (Phi) is 6.73. The molecule has 2 aromatic carbocycles. The second kappa shape index (κ2) is 9.47. The third-order valence-corrected chi connectivity index (χ3v) is 4.61. The van der Waals surface area contributed by atoms with E-state index in [1.807, 2.05) is 0 Å². The van der Waals surface area contributed by atoms with E-state index in [2.05, 4.69) is 11.6 Å². The van der Waals surface area contributed by atoms with E-state index in [9.17, 15) is 14.0 Å². The Morgan fingerprint density at radius 3 is 2.41 bits per heavy atom. The van der Waals surface area contributed by atoms with Crippen molar-refractivity contribution in [2.75, 3.05) is 28.2 Å². The summed E-state index contributed by atoms with van der Waals surface area (Å²) in [7, 11) is 6.77. The summed E-state index contributed by atoms with van der Waals surface area (Å²) in [5.41, 5.74) is 0.840. The lowest BCUT2D eigenvalue weighted by Crippen LogP contribution is -2.24. The van der Waals surface area contributed by atoms with Gasteiger partial charge < -0.3 is 19.0 Å². The second-order valence-corrected chi connectivity index (χ2v) is 7.47. The van der Waals surface area contributed by atoms with Crippen LogP contribution < -0.4 is 10.2 Å². The molecule has 0 aliphatic heterocycles. The number of carbonyl (C=O) groups is 1. The van der Waals surface area contributed by atoms with Crippen LogP contribution in [0.25, 0.3) is 11.0 Å². The number of fused-ring (bicyclic) bond motifs is 1. The molecule has 0 saturated carbocycles. The fourth-order valence-corrected chi connectivity index (χ4v) is 3.09. The number of halogens is 1. The summed E-state index contributed by atoms with van der Waals surface area (Å²) in [4.78, 5) is 32.9. The predicted octanol–water partition coefficient (Wildman–Crippen LogP) is 3.66. The highest BCUT2D eigenvalue weighted by molar-refractivity contribution is 6.01. The minimum atomic E-state index is -0.358. The summed E-state index contributed by atoms with van der Waals surface area (Å²) in [6.45, 7) is 3.68. The van der Waals surface area contributed by atoms with Crippen molar-refractivity contribution in [1.82, 2.24) is 9.80 Å². The van der Waals surface area contributed by atoms with Crippen molar-refractivity contribution < 1.29 is 18.3 Å². The summed E-state index contributed by atoms with van der Waals surface area (Å²) in [5.74, 6) is 0.191. The van der Waals surface area contributed by atoms with Crippen molar-refractivity contribution in [2.24, 2.45) is 4.99 Å². The number of nitrogens with zero attached hydrogens (tertiary/aromatic N) is 3. The standard InChI is InChI=1S/C24H24FN3O4/c1-6-26-23(27(2)3)21-13-18(29)22-19(31-14-15-7-9-17(25)10-8-15)11-16(12-20(22)32-21)24(30)28(4)5/h6-13H,1,14H2,2-5H3. The SMILES string of the molecule is C=CN=C(c1cc(=O)c2c(OCc3ccc(F)cc3)cc(C(=O)N(C)C)cc2o1)N(C)C. The third-order valence-electron chi connectivity index (χ3n) is 4.61. The molecule has 0 atom stereocenters. The van der Waals surface area contributed by atoms with E-state index in [0.717, 1.165) is 0 Å². The molecule has 32 heavy (non-hydrogen) atoms. The monoisotopic (exact) mass is 437 g/mol. The van der Waals surface area contributed by atoms with Crippen LogP contribution in [0.4, 0.5) is 4.39 Å². The average Bonchev–Trinajstić information content (AvgIpc) is 2.75. The zero-order valence-electron chi connectivity index (χ0n) is 18.4. The van der Waals surface area contributed by atoms with Crippen molar-refractivity contribution in [3.8, 4) is 5.75 Å². The number of amidine groups is 1. The van der Waals surface area contributed by atoms with Crippen LogP contribution in [0.5, 0.6) is 5.75 Å². The summed E-state index contributed by atoms with van der Waals surface area (Å²) < 4.78 is 25.0. The van der Waals surface area contributed by atoms with E-state index in [0.29, 0.717) is 17.0 Å². The van der Waals surface area contributed by atoms with Gasteiger partial charge in [0.05, 0.1) is 0 Å². The number of hydrogen-bond acceptors (Lipinski definition) is 5. The molecular weight excluding hydrogens is 413 g/mol. The van der Waals surface area contributed by atoms with Gasteiger partial charge in [0, 0.05) is 46.0 Å². The Morgan fingerprint density at radius 2 is 1.81 bits per heavy atom. The zero-order valence-corrected chi connectivity index (χ0v) is 18.4. The van der Waals surface area contributed by atoms with Crippen molar-refractivity contribution >= 4 is 22.7 Å². The lowest BCUT2D eigenvalue weighted by atomic mass is 10.1. The van der Waals surface area contributed by atoms with Crippen molar-refractivity contribution in [3.05, 3.63) is 88.2 Å². The maximum Gasteiger partial charge on any atom is 0.253 e. The second-order valence-electron chi connectivity index (χ2n) is 7.47. The van der Waals surface area contributed by atoms with Gasteiger partial charge in [-0.3, -0.25) is 9.59 Å². The quantitative estimate of drug-likeness (QED) is 0.435. The molecule has 0 fully saturated rings. The fraction of sp³-hybridized carbons (Fsp3) is 0.208. The molecule has 7 nitrogen and oxygen atoms in total. The molecule has 166 valence electrons. The lowest BCUT2D eigenvalue weighted by molar-refractivity contribution is 0.0827. The first-order valence-electron chi connectivity index (χ1n) is 9.78. The molecular formula is C24H24FN3O4. The molecule has 0 radical (unpaired) electrons. The minimum Gasteiger partial charge on any atom is -0.488 e. The molecule has 1 aromatic heterocycles. The van der Waals surface area contributed by atoms with Gasteiger partial charge in [-0.1, -0.05) is 18.7 Å². The number of amides is 1. The van der Waals surface area contributed by atoms with Crippen molar-refractivity contribution in [1.29, 1.82) is 0 Å². The summed E-state index contributed by atoms with van der Waals surface area (Å²) in [6.07, 6.45) is 1.35.